The molecule has 1 nitrogen and oxygen atoms in total. The SMILES string of the molecule is CCC(C)(N)CCCc1ccccc1. The summed E-state index contributed by atoms with van der Waals surface area (Å²) >= 11 is 0. The Morgan fingerprint density at radius 2 is 1.86 bits per heavy atom. The van der Waals surface area contributed by atoms with Gasteiger partial charge in [0.25, 0.3) is 0 Å². The first-order valence-corrected chi connectivity index (χ1v) is 5.47. The van der Waals surface area contributed by atoms with E-state index in [2.05, 4.69) is 44.2 Å². The van der Waals surface area contributed by atoms with Gasteiger partial charge in [-0.2, -0.15) is 0 Å². The van der Waals surface area contributed by atoms with Gasteiger partial charge in [-0.1, -0.05) is 37.3 Å². The fraction of sp³-hybridized carbons (Fsp3) is 0.538. The Bertz CT molecular complexity index is 251. The molecule has 0 amide bonds. The third-order valence-electron chi connectivity index (χ3n) is 2.86. The average molecular weight is 191 g/mol. The standard InChI is InChI=1S/C13H21N/c1-3-13(2,14)11-7-10-12-8-5-4-6-9-12/h4-6,8-9H,3,7,10-11,14H2,1-2H3. The lowest BCUT2D eigenvalue weighted by Crippen LogP contribution is -2.35. The summed E-state index contributed by atoms with van der Waals surface area (Å²) in [6.07, 6.45) is 4.50. The van der Waals surface area contributed by atoms with Crippen LogP contribution in [0.2, 0.25) is 0 Å². The maximum atomic E-state index is 6.08. The molecule has 1 aromatic rings. The van der Waals surface area contributed by atoms with Crippen molar-refractivity contribution in [3.05, 3.63) is 35.9 Å². The van der Waals surface area contributed by atoms with Gasteiger partial charge in [-0.15, -0.1) is 0 Å². The van der Waals surface area contributed by atoms with Crippen LogP contribution in [0.5, 0.6) is 0 Å². The molecule has 0 aliphatic rings. The summed E-state index contributed by atoms with van der Waals surface area (Å²) in [5.74, 6) is 0. The smallest absolute Gasteiger partial charge is 0.0123 e. The molecule has 1 rings (SSSR count). The molecule has 0 aliphatic carbocycles. The van der Waals surface area contributed by atoms with Crippen LogP contribution < -0.4 is 5.73 Å². The monoisotopic (exact) mass is 191 g/mol. The molecule has 2 N–H and O–H groups in total. The first-order valence-electron chi connectivity index (χ1n) is 5.47. The number of aryl methyl sites for hydroxylation is 1. The number of hydrogen-bond donors (Lipinski definition) is 1. The van der Waals surface area contributed by atoms with E-state index in [9.17, 15) is 0 Å². The Morgan fingerprint density at radius 3 is 2.43 bits per heavy atom. The topological polar surface area (TPSA) is 26.0 Å². The van der Waals surface area contributed by atoms with Crippen molar-refractivity contribution in [2.45, 2.75) is 45.1 Å². The van der Waals surface area contributed by atoms with Crippen LogP contribution in [0, 0.1) is 0 Å². The van der Waals surface area contributed by atoms with E-state index < -0.39 is 0 Å². The van der Waals surface area contributed by atoms with Crippen LogP contribution in [-0.2, 0) is 6.42 Å². The van der Waals surface area contributed by atoms with Crippen LogP contribution in [-0.4, -0.2) is 5.54 Å². The van der Waals surface area contributed by atoms with Crippen molar-refractivity contribution in [1.29, 1.82) is 0 Å². The molecule has 0 radical (unpaired) electrons. The van der Waals surface area contributed by atoms with Gasteiger partial charge in [-0.05, 0) is 38.2 Å². The van der Waals surface area contributed by atoms with Gasteiger partial charge >= 0.3 is 0 Å². The molecule has 0 saturated carbocycles. The van der Waals surface area contributed by atoms with E-state index in [0.29, 0.717) is 0 Å². The molecular weight excluding hydrogens is 170 g/mol. The molecule has 1 aromatic carbocycles. The number of hydrogen-bond acceptors (Lipinski definition) is 1. The number of benzene rings is 1. The summed E-state index contributed by atoms with van der Waals surface area (Å²) in [5.41, 5.74) is 7.52. The van der Waals surface area contributed by atoms with Crippen molar-refractivity contribution in [3.8, 4) is 0 Å². The molecule has 0 aliphatic heterocycles. The zero-order valence-corrected chi connectivity index (χ0v) is 9.29. The van der Waals surface area contributed by atoms with Crippen LogP contribution in [0.4, 0.5) is 0 Å². The maximum absolute atomic E-state index is 6.08. The van der Waals surface area contributed by atoms with Crippen LogP contribution in [0.3, 0.4) is 0 Å². The van der Waals surface area contributed by atoms with Crippen LogP contribution in [0.15, 0.2) is 30.3 Å². The van der Waals surface area contributed by atoms with Gasteiger partial charge in [0.1, 0.15) is 0 Å². The Hall–Kier alpha value is -0.820. The molecule has 0 saturated heterocycles. The van der Waals surface area contributed by atoms with Crippen molar-refractivity contribution in [2.75, 3.05) is 0 Å². The van der Waals surface area contributed by atoms with E-state index in [4.69, 9.17) is 5.73 Å². The molecule has 0 spiro atoms. The van der Waals surface area contributed by atoms with E-state index >= 15 is 0 Å². The third-order valence-corrected chi connectivity index (χ3v) is 2.86. The summed E-state index contributed by atoms with van der Waals surface area (Å²) in [5, 5.41) is 0. The Kier molecular flexibility index (Phi) is 4.15. The summed E-state index contributed by atoms with van der Waals surface area (Å²) in [6.45, 7) is 4.29. The summed E-state index contributed by atoms with van der Waals surface area (Å²) < 4.78 is 0. The van der Waals surface area contributed by atoms with E-state index in [1.807, 2.05) is 0 Å². The highest BCUT2D eigenvalue weighted by Crippen LogP contribution is 2.15. The molecule has 0 bridgehead atoms. The largest absolute Gasteiger partial charge is 0.325 e. The predicted molar refractivity (Wildman–Crippen MR) is 62.3 cm³/mol. The lowest BCUT2D eigenvalue weighted by molar-refractivity contribution is 0.405. The van der Waals surface area contributed by atoms with Crippen molar-refractivity contribution >= 4 is 0 Å². The average Bonchev–Trinajstić information content (AvgIpc) is 2.19. The number of rotatable bonds is 5. The fourth-order valence-corrected chi connectivity index (χ4v) is 1.52. The van der Waals surface area contributed by atoms with Gasteiger partial charge in [-0.25, -0.2) is 0 Å². The second-order valence-corrected chi connectivity index (χ2v) is 4.35. The Labute approximate surface area is 87.3 Å². The van der Waals surface area contributed by atoms with Gasteiger partial charge in [-0.3, -0.25) is 0 Å². The van der Waals surface area contributed by atoms with Crippen LogP contribution >= 0.6 is 0 Å². The highest BCUT2D eigenvalue weighted by Gasteiger charge is 2.14. The van der Waals surface area contributed by atoms with Gasteiger partial charge in [0.05, 0.1) is 0 Å². The van der Waals surface area contributed by atoms with E-state index in [1.165, 1.54) is 12.0 Å². The molecule has 1 atom stereocenters. The van der Waals surface area contributed by atoms with Gasteiger partial charge in [0.2, 0.25) is 0 Å². The van der Waals surface area contributed by atoms with E-state index in [1.54, 1.807) is 0 Å². The Balaban J connectivity index is 2.29. The molecular formula is C13H21N. The fourth-order valence-electron chi connectivity index (χ4n) is 1.52. The zero-order chi connectivity index (χ0) is 10.4. The minimum atomic E-state index is 0.0226. The summed E-state index contributed by atoms with van der Waals surface area (Å²) in [4.78, 5) is 0. The van der Waals surface area contributed by atoms with Crippen molar-refractivity contribution < 1.29 is 0 Å². The first-order chi connectivity index (χ1) is 6.64. The van der Waals surface area contributed by atoms with Crippen molar-refractivity contribution in [2.24, 2.45) is 5.73 Å². The second-order valence-electron chi connectivity index (χ2n) is 4.35. The highest BCUT2D eigenvalue weighted by molar-refractivity contribution is 5.14. The van der Waals surface area contributed by atoms with Crippen LogP contribution in [0.25, 0.3) is 0 Å². The van der Waals surface area contributed by atoms with Gasteiger partial charge < -0.3 is 5.73 Å². The van der Waals surface area contributed by atoms with Crippen molar-refractivity contribution in [1.82, 2.24) is 0 Å². The van der Waals surface area contributed by atoms with Crippen molar-refractivity contribution in [3.63, 3.8) is 0 Å². The van der Waals surface area contributed by atoms with Gasteiger partial charge in [0, 0.05) is 5.54 Å². The minimum Gasteiger partial charge on any atom is -0.325 e. The molecule has 0 fully saturated rings. The lowest BCUT2D eigenvalue weighted by Gasteiger charge is -2.22. The van der Waals surface area contributed by atoms with E-state index in [0.717, 1.165) is 19.3 Å². The normalized spacial score (nSPS) is 15.1. The summed E-state index contributed by atoms with van der Waals surface area (Å²) in [7, 11) is 0. The highest BCUT2D eigenvalue weighted by atomic mass is 14.7. The Morgan fingerprint density at radius 1 is 1.21 bits per heavy atom. The first kappa shape index (κ1) is 11.3. The molecule has 1 heteroatoms. The number of nitrogens with two attached hydrogens (primary N) is 1. The predicted octanol–water partition coefficient (Wildman–Crippen LogP) is 3.14. The minimum absolute atomic E-state index is 0.0226. The van der Waals surface area contributed by atoms with E-state index in [-0.39, 0.29) is 5.54 Å². The molecule has 14 heavy (non-hydrogen) atoms. The molecule has 78 valence electrons. The van der Waals surface area contributed by atoms with Gasteiger partial charge in [0.15, 0.2) is 0 Å². The molecule has 0 aromatic heterocycles. The third kappa shape index (κ3) is 3.93. The summed E-state index contributed by atoms with van der Waals surface area (Å²) in [6, 6.07) is 10.6. The maximum Gasteiger partial charge on any atom is 0.0123 e. The molecule has 0 heterocycles. The molecule has 1 unspecified atom stereocenters. The second kappa shape index (κ2) is 5.16. The van der Waals surface area contributed by atoms with Crippen LogP contribution in [0.1, 0.15) is 38.7 Å². The quantitative estimate of drug-likeness (QED) is 0.760. The zero-order valence-electron chi connectivity index (χ0n) is 9.29. The lowest BCUT2D eigenvalue weighted by atomic mass is 9.92.